The molecular weight excluding hydrogens is 232 g/mol. The lowest BCUT2D eigenvalue weighted by molar-refractivity contribution is 1.19. The van der Waals surface area contributed by atoms with Crippen LogP contribution in [0, 0.1) is 13.8 Å². The van der Waals surface area contributed by atoms with Gasteiger partial charge in [-0.15, -0.1) is 0 Å². The molecule has 0 aliphatic rings. The normalized spacial score (nSPS) is 12.9. The molecule has 0 amide bonds. The average Bonchev–Trinajstić information content (AvgIpc) is 2.36. The Labute approximate surface area is 114 Å². The first-order valence-electron chi connectivity index (χ1n) is 7.25. The third-order valence-electron chi connectivity index (χ3n) is 4.51. The first kappa shape index (κ1) is 15.2. The fourth-order valence-corrected chi connectivity index (χ4v) is 6.20. The third-order valence-corrected chi connectivity index (χ3v) is 9.78. The number of rotatable bonds is 5. The van der Waals surface area contributed by atoms with Gasteiger partial charge >= 0.3 is 0 Å². The van der Waals surface area contributed by atoms with Crippen molar-refractivity contribution in [1.82, 2.24) is 0 Å². The van der Waals surface area contributed by atoms with Gasteiger partial charge in [0.2, 0.25) is 0 Å². The van der Waals surface area contributed by atoms with Gasteiger partial charge in [0, 0.05) is 0 Å². The van der Waals surface area contributed by atoms with E-state index in [0.29, 0.717) is 0 Å². The molecule has 0 saturated heterocycles. The van der Waals surface area contributed by atoms with Gasteiger partial charge < -0.3 is 0 Å². The Bertz CT molecular complexity index is 397. The SMILES string of the molecule is CC[Si](/C=C(\C)c1c(C)cccc1C)(CC)CC. The van der Waals surface area contributed by atoms with Gasteiger partial charge in [-0.05, 0) is 37.5 Å². The zero-order valence-corrected chi connectivity index (χ0v) is 13.9. The maximum absolute atomic E-state index is 2.66. The second kappa shape index (κ2) is 6.37. The van der Waals surface area contributed by atoms with Crippen LogP contribution in [-0.4, -0.2) is 8.07 Å². The molecule has 100 valence electrons. The minimum atomic E-state index is -1.17. The molecule has 18 heavy (non-hydrogen) atoms. The quantitative estimate of drug-likeness (QED) is 0.591. The topological polar surface area (TPSA) is 0 Å². The van der Waals surface area contributed by atoms with E-state index in [9.17, 15) is 0 Å². The summed E-state index contributed by atoms with van der Waals surface area (Å²) in [4.78, 5) is 0. The molecule has 0 bridgehead atoms. The van der Waals surface area contributed by atoms with Crippen molar-refractivity contribution >= 4 is 13.6 Å². The molecule has 0 heterocycles. The van der Waals surface area contributed by atoms with E-state index in [2.05, 4.69) is 65.4 Å². The predicted octanol–water partition coefficient (Wildman–Crippen LogP) is 5.75. The molecule has 0 fully saturated rings. The van der Waals surface area contributed by atoms with Crippen LogP contribution >= 0.6 is 0 Å². The summed E-state index contributed by atoms with van der Waals surface area (Å²) in [6, 6.07) is 10.7. The lowest BCUT2D eigenvalue weighted by atomic mass is 9.98. The minimum Gasteiger partial charge on any atom is -0.0908 e. The molecule has 0 radical (unpaired) electrons. The van der Waals surface area contributed by atoms with Gasteiger partial charge in [-0.25, -0.2) is 0 Å². The van der Waals surface area contributed by atoms with Crippen LogP contribution in [0.2, 0.25) is 18.1 Å². The Hall–Kier alpha value is -0.823. The van der Waals surface area contributed by atoms with E-state index >= 15 is 0 Å². The zero-order valence-electron chi connectivity index (χ0n) is 12.9. The Balaban J connectivity index is 3.24. The summed E-state index contributed by atoms with van der Waals surface area (Å²) >= 11 is 0. The Kier molecular flexibility index (Phi) is 5.40. The van der Waals surface area contributed by atoms with Crippen LogP contribution in [0.1, 0.15) is 44.4 Å². The van der Waals surface area contributed by atoms with Crippen LogP contribution in [-0.2, 0) is 0 Å². The van der Waals surface area contributed by atoms with Gasteiger partial charge in [-0.3, -0.25) is 0 Å². The lowest BCUT2D eigenvalue weighted by Gasteiger charge is -2.25. The first-order chi connectivity index (χ1) is 8.49. The van der Waals surface area contributed by atoms with Crippen LogP contribution in [0.4, 0.5) is 0 Å². The Morgan fingerprint density at radius 3 is 1.83 bits per heavy atom. The molecule has 0 spiro atoms. The number of hydrogen-bond donors (Lipinski definition) is 0. The van der Waals surface area contributed by atoms with Crippen LogP contribution in [0.5, 0.6) is 0 Å². The van der Waals surface area contributed by atoms with E-state index in [1.165, 1.54) is 40.4 Å². The Morgan fingerprint density at radius 1 is 1.00 bits per heavy atom. The van der Waals surface area contributed by atoms with E-state index in [1.807, 2.05) is 0 Å². The van der Waals surface area contributed by atoms with E-state index in [4.69, 9.17) is 0 Å². The average molecular weight is 260 g/mol. The second-order valence-electron chi connectivity index (χ2n) is 5.52. The number of allylic oxidation sites excluding steroid dienone is 1. The molecule has 1 aromatic carbocycles. The summed E-state index contributed by atoms with van der Waals surface area (Å²) in [5, 5.41) is 0. The molecule has 0 aliphatic carbocycles. The van der Waals surface area contributed by atoms with Crippen LogP contribution in [0.25, 0.3) is 5.57 Å². The van der Waals surface area contributed by atoms with Crippen LogP contribution < -0.4 is 0 Å². The zero-order chi connectivity index (χ0) is 13.8. The van der Waals surface area contributed by atoms with E-state index in [-0.39, 0.29) is 0 Å². The number of hydrogen-bond acceptors (Lipinski definition) is 0. The van der Waals surface area contributed by atoms with Gasteiger partial charge in [0.25, 0.3) is 0 Å². The number of benzene rings is 1. The molecule has 1 aromatic rings. The predicted molar refractivity (Wildman–Crippen MR) is 86.8 cm³/mol. The van der Waals surface area contributed by atoms with E-state index in [1.54, 1.807) is 0 Å². The first-order valence-corrected chi connectivity index (χ1v) is 9.95. The van der Waals surface area contributed by atoms with Crippen LogP contribution in [0.15, 0.2) is 23.9 Å². The monoisotopic (exact) mass is 260 g/mol. The van der Waals surface area contributed by atoms with Crippen molar-refractivity contribution in [3.8, 4) is 0 Å². The molecule has 0 saturated carbocycles. The summed E-state index contributed by atoms with van der Waals surface area (Å²) in [6.07, 6.45) is 0. The third kappa shape index (κ3) is 3.14. The summed E-state index contributed by atoms with van der Waals surface area (Å²) in [7, 11) is -1.17. The highest BCUT2D eigenvalue weighted by molar-refractivity contribution is 6.85. The summed E-state index contributed by atoms with van der Waals surface area (Å²) in [6.45, 7) is 13.9. The van der Waals surface area contributed by atoms with E-state index in [0.717, 1.165) is 0 Å². The van der Waals surface area contributed by atoms with Gasteiger partial charge in [0.1, 0.15) is 0 Å². The standard InChI is InChI=1S/C17H28Si/c1-7-18(8-2,9-3)13-16(6)17-14(4)11-10-12-15(17)5/h10-13H,7-9H2,1-6H3/b16-13+. The molecule has 1 heteroatoms. The molecular formula is C17H28Si. The van der Waals surface area contributed by atoms with Crippen molar-refractivity contribution in [2.45, 2.75) is 59.7 Å². The van der Waals surface area contributed by atoms with Gasteiger partial charge in [-0.1, -0.05) is 68.4 Å². The van der Waals surface area contributed by atoms with Crippen molar-refractivity contribution in [3.05, 3.63) is 40.6 Å². The number of aryl methyl sites for hydroxylation is 2. The highest BCUT2D eigenvalue weighted by Gasteiger charge is 2.24. The molecule has 0 nitrogen and oxygen atoms in total. The summed E-state index contributed by atoms with van der Waals surface area (Å²) in [5.74, 6) is 0. The van der Waals surface area contributed by atoms with Crippen molar-refractivity contribution in [2.75, 3.05) is 0 Å². The van der Waals surface area contributed by atoms with Gasteiger partial charge in [0.15, 0.2) is 0 Å². The smallest absolute Gasteiger partial charge is 0.0773 e. The lowest BCUT2D eigenvalue weighted by Crippen LogP contribution is -2.29. The highest BCUT2D eigenvalue weighted by atomic mass is 28.3. The highest BCUT2D eigenvalue weighted by Crippen LogP contribution is 2.29. The van der Waals surface area contributed by atoms with Crippen LogP contribution in [0.3, 0.4) is 0 Å². The summed E-state index contributed by atoms with van der Waals surface area (Å²) < 4.78 is 0. The molecule has 0 unspecified atom stereocenters. The molecule has 1 rings (SSSR count). The van der Waals surface area contributed by atoms with Crippen molar-refractivity contribution < 1.29 is 0 Å². The maximum atomic E-state index is 2.66. The molecule has 0 N–H and O–H groups in total. The second-order valence-corrected chi connectivity index (χ2v) is 10.7. The molecule has 0 aromatic heterocycles. The molecule has 0 aliphatic heterocycles. The fourth-order valence-electron chi connectivity index (χ4n) is 3.02. The Morgan fingerprint density at radius 2 is 1.44 bits per heavy atom. The van der Waals surface area contributed by atoms with Crippen molar-refractivity contribution in [2.24, 2.45) is 0 Å². The maximum Gasteiger partial charge on any atom is 0.0773 e. The largest absolute Gasteiger partial charge is 0.0908 e. The fraction of sp³-hybridized carbons (Fsp3) is 0.529. The molecule has 0 atom stereocenters. The van der Waals surface area contributed by atoms with Crippen molar-refractivity contribution in [3.63, 3.8) is 0 Å². The summed E-state index contributed by atoms with van der Waals surface area (Å²) in [5.41, 5.74) is 8.46. The van der Waals surface area contributed by atoms with Crippen molar-refractivity contribution in [1.29, 1.82) is 0 Å². The minimum absolute atomic E-state index is 1.17. The van der Waals surface area contributed by atoms with Gasteiger partial charge in [0.05, 0.1) is 8.07 Å². The van der Waals surface area contributed by atoms with E-state index < -0.39 is 8.07 Å². The van der Waals surface area contributed by atoms with Gasteiger partial charge in [-0.2, -0.15) is 0 Å².